The molecule has 3 nitrogen and oxygen atoms in total. The van der Waals surface area contributed by atoms with Crippen molar-refractivity contribution in [3.05, 3.63) is 0 Å². The maximum atomic E-state index is 10.6. The third kappa shape index (κ3) is 3.99. The Balaban J connectivity index is 3.63. The SMILES string of the molecule is C#CCCNCC(C)(C)C(=O)O. The Morgan fingerprint density at radius 3 is 2.67 bits per heavy atom. The van der Waals surface area contributed by atoms with Crippen molar-refractivity contribution in [1.29, 1.82) is 0 Å². The van der Waals surface area contributed by atoms with E-state index < -0.39 is 11.4 Å². The molecule has 68 valence electrons. The third-order valence-corrected chi connectivity index (χ3v) is 1.59. The maximum Gasteiger partial charge on any atom is 0.310 e. The average molecular weight is 169 g/mol. The second-order valence-corrected chi connectivity index (χ2v) is 3.32. The molecule has 0 atom stereocenters. The normalized spacial score (nSPS) is 10.8. The smallest absolute Gasteiger partial charge is 0.310 e. The minimum absolute atomic E-state index is 0.448. The first-order valence-corrected chi connectivity index (χ1v) is 3.88. The predicted octanol–water partition coefficient (Wildman–Crippen LogP) is 0.710. The van der Waals surface area contributed by atoms with Crippen molar-refractivity contribution in [2.75, 3.05) is 13.1 Å². The first kappa shape index (κ1) is 11.0. The van der Waals surface area contributed by atoms with E-state index in [1.54, 1.807) is 13.8 Å². The second kappa shape index (κ2) is 4.78. The summed E-state index contributed by atoms with van der Waals surface area (Å²) in [7, 11) is 0. The van der Waals surface area contributed by atoms with Gasteiger partial charge in [-0.1, -0.05) is 0 Å². The molecule has 0 aromatic carbocycles. The minimum atomic E-state index is -0.796. The summed E-state index contributed by atoms with van der Waals surface area (Å²) in [6.45, 7) is 4.48. The van der Waals surface area contributed by atoms with E-state index in [1.807, 2.05) is 0 Å². The molecule has 0 aromatic heterocycles. The summed E-state index contributed by atoms with van der Waals surface area (Å²) in [5.74, 6) is 1.68. The lowest BCUT2D eigenvalue weighted by atomic mass is 9.94. The Labute approximate surface area is 73.2 Å². The number of nitrogens with one attached hydrogen (secondary N) is 1. The Morgan fingerprint density at radius 2 is 2.25 bits per heavy atom. The second-order valence-electron chi connectivity index (χ2n) is 3.32. The van der Waals surface area contributed by atoms with Crippen LogP contribution in [0.15, 0.2) is 0 Å². The van der Waals surface area contributed by atoms with Crippen LogP contribution in [0.1, 0.15) is 20.3 Å². The predicted molar refractivity (Wildman–Crippen MR) is 47.7 cm³/mol. The fraction of sp³-hybridized carbons (Fsp3) is 0.667. The molecule has 0 bridgehead atoms. The number of hydrogen-bond acceptors (Lipinski definition) is 2. The molecule has 0 rings (SSSR count). The summed E-state index contributed by atoms with van der Waals surface area (Å²) < 4.78 is 0. The monoisotopic (exact) mass is 169 g/mol. The van der Waals surface area contributed by atoms with E-state index >= 15 is 0 Å². The number of carbonyl (C=O) groups is 1. The third-order valence-electron chi connectivity index (χ3n) is 1.59. The van der Waals surface area contributed by atoms with Crippen molar-refractivity contribution in [3.63, 3.8) is 0 Å². The van der Waals surface area contributed by atoms with Gasteiger partial charge in [-0.2, -0.15) is 0 Å². The molecule has 0 spiro atoms. The maximum absolute atomic E-state index is 10.6. The quantitative estimate of drug-likeness (QED) is 0.470. The van der Waals surface area contributed by atoms with Crippen LogP contribution in [-0.4, -0.2) is 24.2 Å². The lowest BCUT2D eigenvalue weighted by Crippen LogP contribution is -2.36. The number of rotatable bonds is 5. The first-order valence-electron chi connectivity index (χ1n) is 3.88. The highest BCUT2D eigenvalue weighted by Crippen LogP contribution is 2.12. The van der Waals surface area contributed by atoms with Gasteiger partial charge in [-0.25, -0.2) is 0 Å². The van der Waals surface area contributed by atoms with Gasteiger partial charge in [0.1, 0.15) is 0 Å². The highest BCUT2D eigenvalue weighted by Gasteiger charge is 2.25. The summed E-state index contributed by atoms with van der Waals surface area (Å²) in [6.07, 6.45) is 5.67. The van der Waals surface area contributed by atoms with Crippen LogP contribution in [0.2, 0.25) is 0 Å². The van der Waals surface area contributed by atoms with Crippen LogP contribution in [-0.2, 0) is 4.79 Å². The van der Waals surface area contributed by atoms with Crippen LogP contribution < -0.4 is 5.32 Å². The lowest BCUT2D eigenvalue weighted by molar-refractivity contribution is -0.146. The van der Waals surface area contributed by atoms with Crippen molar-refractivity contribution in [2.24, 2.45) is 5.41 Å². The van der Waals surface area contributed by atoms with Gasteiger partial charge >= 0.3 is 5.97 Å². The lowest BCUT2D eigenvalue weighted by Gasteiger charge is -2.18. The summed E-state index contributed by atoms with van der Waals surface area (Å²) in [4.78, 5) is 10.6. The molecule has 0 aliphatic heterocycles. The van der Waals surface area contributed by atoms with Crippen molar-refractivity contribution in [3.8, 4) is 12.3 Å². The van der Waals surface area contributed by atoms with Crippen molar-refractivity contribution < 1.29 is 9.90 Å². The number of hydrogen-bond donors (Lipinski definition) is 2. The number of terminal acetylenes is 1. The molecule has 0 aromatic rings. The topological polar surface area (TPSA) is 49.3 Å². The number of aliphatic carboxylic acids is 1. The molecule has 0 heterocycles. The van der Waals surface area contributed by atoms with E-state index in [9.17, 15) is 4.79 Å². The Morgan fingerprint density at radius 1 is 1.67 bits per heavy atom. The molecule has 0 aliphatic rings. The fourth-order valence-electron chi connectivity index (χ4n) is 0.637. The molecule has 0 amide bonds. The van der Waals surface area contributed by atoms with E-state index in [-0.39, 0.29) is 0 Å². The van der Waals surface area contributed by atoms with Gasteiger partial charge in [0, 0.05) is 19.5 Å². The van der Waals surface area contributed by atoms with Crippen LogP contribution in [0.5, 0.6) is 0 Å². The number of carboxylic acids is 1. The zero-order chi connectivity index (χ0) is 9.61. The zero-order valence-electron chi connectivity index (χ0n) is 7.55. The molecule has 3 heteroatoms. The van der Waals surface area contributed by atoms with Crippen molar-refractivity contribution >= 4 is 5.97 Å². The van der Waals surface area contributed by atoms with Crippen LogP contribution in [0.4, 0.5) is 0 Å². The Hall–Kier alpha value is -1.01. The molecular weight excluding hydrogens is 154 g/mol. The van der Waals surface area contributed by atoms with Gasteiger partial charge in [-0.05, 0) is 13.8 Å². The van der Waals surface area contributed by atoms with E-state index in [4.69, 9.17) is 11.5 Å². The van der Waals surface area contributed by atoms with Gasteiger partial charge in [0.15, 0.2) is 0 Å². The van der Waals surface area contributed by atoms with Gasteiger partial charge in [0.05, 0.1) is 5.41 Å². The zero-order valence-corrected chi connectivity index (χ0v) is 7.55. The summed E-state index contributed by atoms with van der Waals surface area (Å²) in [6, 6.07) is 0. The molecular formula is C9H15NO2. The molecule has 0 unspecified atom stereocenters. The van der Waals surface area contributed by atoms with E-state index in [1.165, 1.54) is 0 Å². The summed E-state index contributed by atoms with van der Waals surface area (Å²) in [5, 5.41) is 11.7. The van der Waals surface area contributed by atoms with Crippen LogP contribution in [0.25, 0.3) is 0 Å². The molecule has 0 saturated carbocycles. The Kier molecular flexibility index (Phi) is 4.38. The van der Waals surface area contributed by atoms with Gasteiger partial charge in [0.2, 0.25) is 0 Å². The minimum Gasteiger partial charge on any atom is -0.481 e. The largest absolute Gasteiger partial charge is 0.481 e. The van der Waals surface area contributed by atoms with Gasteiger partial charge < -0.3 is 10.4 Å². The highest BCUT2D eigenvalue weighted by atomic mass is 16.4. The highest BCUT2D eigenvalue weighted by molar-refractivity contribution is 5.73. The molecule has 2 N–H and O–H groups in total. The standard InChI is InChI=1S/C9H15NO2/c1-4-5-6-10-7-9(2,3)8(11)12/h1,10H,5-7H2,2-3H3,(H,11,12). The molecule has 0 aliphatic carbocycles. The Bertz CT molecular complexity index is 191. The van der Waals surface area contributed by atoms with E-state index in [0.29, 0.717) is 19.5 Å². The van der Waals surface area contributed by atoms with Crippen molar-refractivity contribution in [1.82, 2.24) is 5.32 Å². The van der Waals surface area contributed by atoms with E-state index in [0.717, 1.165) is 0 Å². The van der Waals surface area contributed by atoms with Crippen LogP contribution >= 0.6 is 0 Å². The number of carboxylic acid groups (broad SMARTS) is 1. The summed E-state index contributed by atoms with van der Waals surface area (Å²) >= 11 is 0. The van der Waals surface area contributed by atoms with E-state index in [2.05, 4.69) is 11.2 Å². The molecule has 0 radical (unpaired) electrons. The first-order chi connectivity index (χ1) is 5.50. The molecule has 0 fully saturated rings. The summed E-state index contributed by atoms with van der Waals surface area (Å²) in [5.41, 5.74) is -0.714. The molecule has 0 saturated heterocycles. The van der Waals surface area contributed by atoms with Gasteiger partial charge in [-0.3, -0.25) is 4.79 Å². The fourth-order valence-corrected chi connectivity index (χ4v) is 0.637. The van der Waals surface area contributed by atoms with Crippen molar-refractivity contribution in [2.45, 2.75) is 20.3 Å². The van der Waals surface area contributed by atoms with Crippen LogP contribution in [0.3, 0.4) is 0 Å². The van der Waals surface area contributed by atoms with Crippen LogP contribution in [0, 0.1) is 17.8 Å². The van der Waals surface area contributed by atoms with Gasteiger partial charge in [-0.15, -0.1) is 12.3 Å². The average Bonchev–Trinajstić information content (AvgIpc) is 1.98. The van der Waals surface area contributed by atoms with Gasteiger partial charge in [0.25, 0.3) is 0 Å². The molecule has 12 heavy (non-hydrogen) atoms.